The molecular formula is C11H17N3. The van der Waals surface area contributed by atoms with Crippen molar-refractivity contribution in [2.24, 2.45) is 5.73 Å². The summed E-state index contributed by atoms with van der Waals surface area (Å²) in [5, 5.41) is 0. The predicted octanol–water partition coefficient (Wildman–Crippen LogP) is 0.923. The van der Waals surface area contributed by atoms with Gasteiger partial charge in [0.05, 0.1) is 0 Å². The van der Waals surface area contributed by atoms with Crippen LogP contribution in [0.25, 0.3) is 0 Å². The maximum absolute atomic E-state index is 5.85. The fourth-order valence-corrected chi connectivity index (χ4v) is 1.97. The van der Waals surface area contributed by atoms with Crippen molar-refractivity contribution >= 4 is 0 Å². The number of aromatic nitrogens is 1. The topological polar surface area (TPSA) is 42.2 Å². The zero-order valence-corrected chi connectivity index (χ0v) is 8.61. The Morgan fingerprint density at radius 3 is 3.07 bits per heavy atom. The number of pyridine rings is 1. The molecule has 1 saturated heterocycles. The van der Waals surface area contributed by atoms with E-state index in [0.717, 1.165) is 26.1 Å². The predicted molar refractivity (Wildman–Crippen MR) is 56.8 cm³/mol. The number of nitrogens with zero attached hydrogens (tertiary/aromatic N) is 2. The quantitative estimate of drug-likeness (QED) is 0.756. The molecule has 14 heavy (non-hydrogen) atoms. The van der Waals surface area contributed by atoms with E-state index in [2.05, 4.69) is 22.9 Å². The van der Waals surface area contributed by atoms with Crippen LogP contribution in [0.2, 0.25) is 0 Å². The van der Waals surface area contributed by atoms with Crippen LogP contribution in [0.3, 0.4) is 0 Å². The minimum Gasteiger partial charge on any atom is -0.326 e. The Hall–Kier alpha value is -0.930. The Bertz CT molecular complexity index is 311. The van der Waals surface area contributed by atoms with Crippen molar-refractivity contribution in [3.8, 4) is 0 Å². The number of likely N-dealkylation sites (tertiary alicyclic amines) is 1. The molecule has 3 heteroatoms. The lowest BCUT2D eigenvalue weighted by Gasteiger charge is -2.14. The maximum Gasteiger partial charge on any atom is 0.0313 e. The van der Waals surface area contributed by atoms with E-state index in [0.29, 0.717) is 6.04 Å². The zero-order chi connectivity index (χ0) is 9.97. The molecule has 0 saturated carbocycles. The average molecular weight is 191 g/mol. The van der Waals surface area contributed by atoms with E-state index in [1.54, 1.807) is 0 Å². The van der Waals surface area contributed by atoms with Crippen LogP contribution in [0, 0.1) is 6.92 Å². The highest BCUT2D eigenvalue weighted by Crippen LogP contribution is 2.12. The van der Waals surface area contributed by atoms with Gasteiger partial charge in [0.2, 0.25) is 0 Å². The fraction of sp³-hybridized carbons (Fsp3) is 0.545. The Kier molecular flexibility index (Phi) is 2.79. The fourth-order valence-electron chi connectivity index (χ4n) is 1.97. The molecule has 1 fully saturated rings. The van der Waals surface area contributed by atoms with Gasteiger partial charge in [0.15, 0.2) is 0 Å². The molecule has 2 heterocycles. The summed E-state index contributed by atoms with van der Waals surface area (Å²) in [5.74, 6) is 0. The Morgan fingerprint density at radius 1 is 1.57 bits per heavy atom. The van der Waals surface area contributed by atoms with Crippen LogP contribution in [0.5, 0.6) is 0 Å². The van der Waals surface area contributed by atoms with Gasteiger partial charge in [-0.05, 0) is 24.5 Å². The first-order valence-corrected chi connectivity index (χ1v) is 5.12. The van der Waals surface area contributed by atoms with Crippen LogP contribution in [0.1, 0.15) is 17.5 Å². The molecule has 2 rings (SSSR count). The van der Waals surface area contributed by atoms with E-state index in [1.165, 1.54) is 11.1 Å². The van der Waals surface area contributed by atoms with Gasteiger partial charge in [-0.15, -0.1) is 0 Å². The first-order valence-electron chi connectivity index (χ1n) is 5.12. The standard InChI is InChI=1S/C11H17N3/c1-9-4-10(6-13-5-9)7-14-3-2-11(12)8-14/h4-6,11H,2-3,7-8,12H2,1H3/t11-/m0/s1. The summed E-state index contributed by atoms with van der Waals surface area (Å²) in [7, 11) is 0. The highest BCUT2D eigenvalue weighted by molar-refractivity contribution is 5.16. The summed E-state index contributed by atoms with van der Waals surface area (Å²) in [5.41, 5.74) is 8.37. The van der Waals surface area contributed by atoms with Gasteiger partial charge < -0.3 is 5.73 Å². The molecule has 0 radical (unpaired) electrons. The molecule has 0 spiro atoms. The molecule has 76 valence electrons. The van der Waals surface area contributed by atoms with Crippen molar-refractivity contribution < 1.29 is 0 Å². The van der Waals surface area contributed by atoms with Gasteiger partial charge in [-0.1, -0.05) is 6.07 Å². The molecule has 0 aromatic carbocycles. The molecule has 0 amide bonds. The van der Waals surface area contributed by atoms with Crippen molar-refractivity contribution in [3.05, 3.63) is 29.6 Å². The van der Waals surface area contributed by atoms with E-state index in [9.17, 15) is 0 Å². The average Bonchev–Trinajstić information content (AvgIpc) is 2.51. The largest absolute Gasteiger partial charge is 0.326 e. The first-order chi connectivity index (χ1) is 6.74. The number of nitrogens with two attached hydrogens (primary N) is 1. The van der Waals surface area contributed by atoms with Gasteiger partial charge in [-0.25, -0.2) is 0 Å². The lowest BCUT2D eigenvalue weighted by Crippen LogP contribution is -2.26. The molecule has 1 aliphatic rings. The molecule has 1 aromatic heterocycles. The number of hydrogen-bond donors (Lipinski definition) is 1. The molecule has 1 atom stereocenters. The maximum atomic E-state index is 5.85. The summed E-state index contributed by atoms with van der Waals surface area (Å²) in [6.45, 7) is 5.21. The van der Waals surface area contributed by atoms with Crippen LogP contribution in [0.4, 0.5) is 0 Å². The molecular weight excluding hydrogens is 174 g/mol. The van der Waals surface area contributed by atoms with E-state index < -0.39 is 0 Å². The van der Waals surface area contributed by atoms with Crippen LogP contribution in [-0.4, -0.2) is 29.0 Å². The number of aryl methyl sites for hydroxylation is 1. The van der Waals surface area contributed by atoms with E-state index >= 15 is 0 Å². The molecule has 3 nitrogen and oxygen atoms in total. The minimum atomic E-state index is 0.368. The van der Waals surface area contributed by atoms with E-state index in [-0.39, 0.29) is 0 Å². The Balaban J connectivity index is 1.97. The van der Waals surface area contributed by atoms with Crippen molar-refractivity contribution in [2.75, 3.05) is 13.1 Å². The second kappa shape index (κ2) is 4.07. The lowest BCUT2D eigenvalue weighted by molar-refractivity contribution is 0.326. The molecule has 0 bridgehead atoms. The Morgan fingerprint density at radius 2 is 2.43 bits per heavy atom. The molecule has 1 aromatic rings. The van der Waals surface area contributed by atoms with Crippen molar-refractivity contribution in [1.82, 2.24) is 9.88 Å². The number of rotatable bonds is 2. The van der Waals surface area contributed by atoms with Crippen molar-refractivity contribution in [2.45, 2.75) is 25.9 Å². The lowest BCUT2D eigenvalue weighted by atomic mass is 10.2. The van der Waals surface area contributed by atoms with Gasteiger partial charge >= 0.3 is 0 Å². The van der Waals surface area contributed by atoms with Gasteiger partial charge in [0, 0.05) is 38.1 Å². The van der Waals surface area contributed by atoms with Crippen LogP contribution in [-0.2, 0) is 6.54 Å². The third kappa shape index (κ3) is 2.30. The highest BCUT2D eigenvalue weighted by Gasteiger charge is 2.18. The van der Waals surface area contributed by atoms with Crippen molar-refractivity contribution in [3.63, 3.8) is 0 Å². The van der Waals surface area contributed by atoms with Crippen LogP contribution >= 0.6 is 0 Å². The van der Waals surface area contributed by atoms with Crippen LogP contribution in [0.15, 0.2) is 18.5 Å². The SMILES string of the molecule is Cc1cncc(CN2CC[C@H](N)C2)c1. The molecule has 0 unspecified atom stereocenters. The summed E-state index contributed by atoms with van der Waals surface area (Å²) in [6.07, 6.45) is 4.95. The smallest absolute Gasteiger partial charge is 0.0313 e. The number of hydrogen-bond acceptors (Lipinski definition) is 3. The molecule has 2 N–H and O–H groups in total. The third-order valence-corrected chi connectivity index (χ3v) is 2.65. The minimum absolute atomic E-state index is 0.368. The second-order valence-electron chi connectivity index (χ2n) is 4.15. The third-order valence-electron chi connectivity index (χ3n) is 2.65. The summed E-state index contributed by atoms with van der Waals surface area (Å²) in [6, 6.07) is 2.56. The van der Waals surface area contributed by atoms with Gasteiger partial charge in [-0.2, -0.15) is 0 Å². The summed E-state index contributed by atoms with van der Waals surface area (Å²) < 4.78 is 0. The summed E-state index contributed by atoms with van der Waals surface area (Å²) in [4.78, 5) is 6.58. The highest BCUT2D eigenvalue weighted by atomic mass is 15.2. The molecule has 1 aliphatic heterocycles. The monoisotopic (exact) mass is 191 g/mol. The van der Waals surface area contributed by atoms with E-state index in [4.69, 9.17) is 5.73 Å². The van der Waals surface area contributed by atoms with Gasteiger partial charge in [0.25, 0.3) is 0 Å². The van der Waals surface area contributed by atoms with Gasteiger partial charge in [-0.3, -0.25) is 9.88 Å². The Labute approximate surface area is 84.9 Å². The van der Waals surface area contributed by atoms with Crippen LogP contribution < -0.4 is 5.73 Å². The molecule has 0 aliphatic carbocycles. The summed E-state index contributed by atoms with van der Waals surface area (Å²) >= 11 is 0. The first kappa shape index (κ1) is 9.62. The second-order valence-corrected chi connectivity index (χ2v) is 4.15. The normalized spacial score (nSPS) is 22.9. The van der Waals surface area contributed by atoms with Gasteiger partial charge in [0.1, 0.15) is 0 Å². The van der Waals surface area contributed by atoms with Crippen molar-refractivity contribution in [1.29, 1.82) is 0 Å². The zero-order valence-electron chi connectivity index (χ0n) is 8.61. The van der Waals surface area contributed by atoms with E-state index in [1.807, 2.05) is 12.4 Å².